The fraction of sp³-hybridized carbons (Fsp3) is 0.429. The number of aliphatic hydroxyl groups is 1. The van der Waals surface area contributed by atoms with Crippen LogP contribution in [0.2, 0.25) is 0 Å². The van der Waals surface area contributed by atoms with Gasteiger partial charge in [-0.25, -0.2) is 4.68 Å². The maximum atomic E-state index is 13.7. The Balaban J connectivity index is 1.49. The molecule has 3 heterocycles. The number of aromatic amines is 1. The minimum Gasteiger partial charge on any atom is -0.394 e. The summed E-state index contributed by atoms with van der Waals surface area (Å²) in [6, 6.07) is 16.5. The molecule has 8 heteroatoms. The molecule has 2 unspecified atom stereocenters. The Bertz CT molecular complexity index is 1350. The van der Waals surface area contributed by atoms with E-state index in [9.17, 15) is 9.90 Å². The number of benzene rings is 2. The second-order valence-corrected chi connectivity index (χ2v) is 9.79. The summed E-state index contributed by atoms with van der Waals surface area (Å²) in [5.74, 6) is 0.561. The van der Waals surface area contributed by atoms with Gasteiger partial charge in [-0.2, -0.15) is 5.21 Å². The summed E-state index contributed by atoms with van der Waals surface area (Å²) in [7, 11) is 0. The van der Waals surface area contributed by atoms with Crippen LogP contribution in [0.25, 0.3) is 22.5 Å². The average Bonchev–Trinajstić information content (AvgIpc) is 3.54. The zero-order chi connectivity index (χ0) is 25.1. The summed E-state index contributed by atoms with van der Waals surface area (Å²) < 4.78 is 4.05. The van der Waals surface area contributed by atoms with Gasteiger partial charge in [0.2, 0.25) is 5.82 Å². The molecule has 0 radical (unpaired) electrons. The molecule has 8 nitrogen and oxygen atoms in total. The first-order chi connectivity index (χ1) is 17.6. The van der Waals surface area contributed by atoms with Crippen molar-refractivity contribution < 1.29 is 5.11 Å². The van der Waals surface area contributed by atoms with Crippen LogP contribution in [-0.4, -0.2) is 41.7 Å². The lowest BCUT2D eigenvalue weighted by Gasteiger charge is -2.31. The number of hydrogen-bond acceptors (Lipinski definition) is 5. The number of H-pyrrole nitrogens is 1. The van der Waals surface area contributed by atoms with E-state index in [0.29, 0.717) is 12.2 Å². The lowest BCUT2D eigenvalue weighted by molar-refractivity contribution is 0.147. The Labute approximate surface area is 211 Å². The van der Waals surface area contributed by atoms with Crippen LogP contribution in [0.5, 0.6) is 0 Å². The predicted molar refractivity (Wildman–Crippen MR) is 140 cm³/mol. The van der Waals surface area contributed by atoms with Gasteiger partial charge in [0, 0.05) is 29.3 Å². The highest BCUT2D eigenvalue weighted by Gasteiger charge is 2.30. The van der Waals surface area contributed by atoms with E-state index in [1.807, 2.05) is 22.9 Å². The zero-order valence-electron chi connectivity index (χ0n) is 21.0. The molecule has 0 aliphatic carbocycles. The number of nitrogens with zero attached hydrogens (tertiary/aromatic N) is 5. The molecule has 0 spiro atoms. The molecular formula is C28H34N6O2. The molecule has 2 atom stereocenters. The summed E-state index contributed by atoms with van der Waals surface area (Å²) in [5.41, 5.74) is 6.18. The molecule has 0 bridgehead atoms. The molecule has 1 aliphatic rings. The standard InChI is InChI=1S/C28H34N6O2/c1-3-4-5-10-26-25(28(36)34-22(18-35)16-11-19(2)33(26)34)17-20-12-14-21(15-13-20)23-8-6-7-9-24(23)27-29-31-32-30-27/h6-9,12-15,19,22,35H,3-5,10-11,16-18H2,1-2H3,(H,29,30,31,32). The van der Waals surface area contributed by atoms with Crippen molar-refractivity contribution in [1.82, 2.24) is 30.0 Å². The summed E-state index contributed by atoms with van der Waals surface area (Å²) >= 11 is 0. The molecule has 2 aromatic carbocycles. The molecule has 5 rings (SSSR count). The van der Waals surface area contributed by atoms with E-state index >= 15 is 0 Å². The summed E-state index contributed by atoms with van der Waals surface area (Å²) in [6.07, 6.45) is 6.65. The molecule has 0 saturated heterocycles. The zero-order valence-corrected chi connectivity index (χ0v) is 21.0. The van der Waals surface area contributed by atoms with Gasteiger partial charge in [-0.1, -0.05) is 68.3 Å². The predicted octanol–water partition coefficient (Wildman–Crippen LogP) is 4.71. The summed E-state index contributed by atoms with van der Waals surface area (Å²) in [4.78, 5) is 13.7. The van der Waals surface area contributed by atoms with Crippen molar-refractivity contribution in [1.29, 1.82) is 0 Å². The van der Waals surface area contributed by atoms with Crippen LogP contribution in [0.1, 0.15) is 74.9 Å². The Kier molecular flexibility index (Phi) is 7.13. The smallest absolute Gasteiger partial charge is 0.270 e. The van der Waals surface area contributed by atoms with Gasteiger partial charge in [0.05, 0.1) is 12.6 Å². The Hall–Kier alpha value is -3.52. The molecule has 0 amide bonds. The Morgan fingerprint density at radius 1 is 1.03 bits per heavy atom. The van der Waals surface area contributed by atoms with Crippen molar-refractivity contribution in [2.45, 2.75) is 70.9 Å². The van der Waals surface area contributed by atoms with Crippen molar-refractivity contribution in [3.8, 4) is 22.5 Å². The van der Waals surface area contributed by atoms with Crippen molar-refractivity contribution in [3.63, 3.8) is 0 Å². The first-order valence-corrected chi connectivity index (χ1v) is 13.0. The topological polar surface area (TPSA) is 102 Å². The van der Waals surface area contributed by atoms with Crippen molar-refractivity contribution in [2.75, 3.05) is 6.61 Å². The van der Waals surface area contributed by atoms with Crippen molar-refractivity contribution >= 4 is 0 Å². The Morgan fingerprint density at radius 3 is 2.50 bits per heavy atom. The third-order valence-corrected chi connectivity index (χ3v) is 7.39. The van der Waals surface area contributed by atoms with E-state index in [2.05, 4.69) is 69.5 Å². The molecule has 188 valence electrons. The number of hydrogen-bond donors (Lipinski definition) is 2. The normalized spacial score (nSPS) is 17.3. The maximum absolute atomic E-state index is 13.7. The second-order valence-electron chi connectivity index (χ2n) is 9.79. The van der Waals surface area contributed by atoms with Gasteiger partial charge in [-0.05, 0) is 54.5 Å². The van der Waals surface area contributed by atoms with Gasteiger partial charge in [-0.3, -0.25) is 9.48 Å². The SMILES string of the molecule is CCCCCc1c(Cc2ccc(-c3ccccc3-c3nn[nH]n3)cc2)c(=O)n2n1C(C)CCC2CO. The first kappa shape index (κ1) is 24.2. The van der Waals surface area contributed by atoms with Crippen LogP contribution in [0.3, 0.4) is 0 Å². The molecule has 0 fully saturated rings. The van der Waals surface area contributed by atoms with Crippen LogP contribution in [0.15, 0.2) is 53.3 Å². The van der Waals surface area contributed by atoms with Crippen LogP contribution >= 0.6 is 0 Å². The number of rotatable bonds is 9. The molecule has 0 saturated carbocycles. The largest absolute Gasteiger partial charge is 0.394 e. The van der Waals surface area contributed by atoms with E-state index in [4.69, 9.17) is 0 Å². The van der Waals surface area contributed by atoms with Crippen molar-refractivity contribution in [3.05, 3.63) is 75.7 Å². The molecular weight excluding hydrogens is 452 g/mol. The maximum Gasteiger partial charge on any atom is 0.270 e. The molecule has 2 aromatic heterocycles. The summed E-state index contributed by atoms with van der Waals surface area (Å²) in [5, 5.41) is 24.5. The average molecular weight is 487 g/mol. The minimum atomic E-state index is -0.142. The van der Waals surface area contributed by atoms with E-state index in [1.165, 1.54) is 0 Å². The van der Waals surface area contributed by atoms with Crippen LogP contribution in [-0.2, 0) is 12.8 Å². The van der Waals surface area contributed by atoms with Crippen LogP contribution < -0.4 is 5.56 Å². The van der Waals surface area contributed by atoms with Gasteiger partial charge in [0.1, 0.15) is 0 Å². The van der Waals surface area contributed by atoms with Gasteiger partial charge >= 0.3 is 0 Å². The number of unbranched alkanes of at least 4 members (excludes halogenated alkanes) is 2. The number of nitrogens with one attached hydrogen (secondary N) is 1. The van der Waals surface area contributed by atoms with Crippen LogP contribution in [0.4, 0.5) is 0 Å². The number of aliphatic hydroxyl groups excluding tert-OH is 1. The Morgan fingerprint density at radius 2 is 1.81 bits per heavy atom. The quantitative estimate of drug-likeness (QED) is 0.334. The van der Waals surface area contributed by atoms with E-state index in [1.54, 1.807) is 0 Å². The number of aromatic nitrogens is 6. The molecule has 36 heavy (non-hydrogen) atoms. The van der Waals surface area contributed by atoms with E-state index in [-0.39, 0.29) is 24.2 Å². The highest BCUT2D eigenvalue weighted by Crippen LogP contribution is 2.32. The summed E-state index contributed by atoms with van der Waals surface area (Å²) in [6.45, 7) is 4.39. The van der Waals surface area contributed by atoms with Gasteiger partial charge in [0.15, 0.2) is 0 Å². The van der Waals surface area contributed by atoms with Gasteiger partial charge < -0.3 is 5.11 Å². The lowest BCUT2D eigenvalue weighted by atomic mass is 9.96. The van der Waals surface area contributed by atoms with Gasteiger partial charge in [-0.15, -0.1) is 10.2 Å². The first-order valence-electron chi connectivity index (χ1n) is 13.0. The fourth-order valence-electron chi connectivity index (χ4n) is 5.49. The third-order valence-electron chi connectivity index (χ3n) is 7.39. The van der Waals surface area contributed by atoms with E-state index in [0.717, 1.165) is 72.0 Å². The molecule has 4 aromatic rings. The monoisotopic (exact) mass is 486 g/mol. The van der Waals surface area contributed by atoms with Crippen LogP contribution in [0, 0.1) is 0 Å². The second kappa shape index (κ2) is 10.6. The minimum absolute atomic E-state index is 0.00103. The fourth-order valence-corrected chi connectivity index (χ4v) is 5.49. The van der Waals surface area contributed by atoms with E-state index < -0.39 is 0 Å². The third kappa shape index (κ3) is 4.53. The number of fused-ring (bicyclic) bond motifs is 1. The molecule has 1 aliphatic heterocycles. The molecule has 2 N–H and O–H groups in total. The van der Waals surface area contributed by atoms with Crippen molar-refractivity contribution in [2.24, 2.45) is 0 Å². The number of tetrazole rings is 1. The highest BCUT2D eigenvalue weighted by molar-refractivity contribution is 5.80. The highest BCUT2D eigenvalue weighted by atomic mass is 16.3. The van der Waals surface area contributed by atoms with Gasteiger partial charge in [0.25, 0.3) is 5.56 Å². The lowest BCUT2D eigenvalue weighted by Crippen LogP contribution is -2.36.